The highest BCUT2D eigenvalue weighted by Gasteiger charge is 2.13. The van der Waals surface area contributed by atoms with Crippen molar-refractivity contribution in [1.29, 1.82) is 0 Å². The number of hydrogen-bond donors (Lipinski definition) is 1. The van der Waals surface area contributed by atoms with Crippen LogP contribution in [0, 0.1) is 0 Å². The minimum Gasteiger partial charge on any atom is -0.423 e. The minimum atomic E-state index is -0.712. The summed E-state index contributed by atoms with van der Waals surface area (Å²) in [6, 6.07) is 23.6. The number of carbonyl (C=O) groups is 3. The van der Waals surface area contributed by atoms with Crippen LogP contribution in [-0.4, -0.2) is 18.3 Å². The van der Waals surface area contributed by atoms with E-state index in [1.807, 2.05) is 6.07 Å². The second-order valence-corrected chi connectivity index (χ2v) is 5.85. The molecule has 0 radical (unpaired) electrons. The summed E-state index contributed by atoms with van der Waals surface area (Å²) < 4.78 is 10.5. The first kappa shape index (κ1) is 19.6. The van der Waals surface area contributed by atoms with Gasteiger partial charge in [0.15, 0.2) is 0 Å². The Morgan fingerprint density at radius 1 is 0.724 bits per heavy atom. The molecule has 0 aromatic heterocycles. The first-order chi connectivity index (χ1) is 14.2. The van der Waals surface area contributed by atoms with E-state index < -0.39 is 11.9 Å². The molecule has 0 saturated heterocycles. The van der Waals surface area contributed by atoms with Crippen molar-refractivity contribution in [1.82, 2.24) is 5.32 Å². The SMILES string of the molecule is O=CN/C(=C\c1ccc(C(=O)Oc2ccccc2)cc1)C(=O)Oc1ccccc1. The van der Waals surface area contributed by atoms with Gasteiger partial charge in [0.05, 0.1) is 5.56 Å². The molecule has 0 aliphatic rings. The molecule has 1 N–H and O–H groups in total. The summed E-state index contributed by atoms with van der Waals surface area (Å²) in [6.07, 6.45) is 1.84. The lowest BCUT2D eigenvalue weighted by atomic mass is 10.1. The average Bonchev–Trinajstić information content (AvgIpc) is 2.75. The van der Waals surface area contributed by atoms with Gasteiger partial charge in [-0.1, -0.05) is 48.5 Å². The van der Waals surface area contributed by atoms with Crippen molar-refractivity contribution >= 4 is 24.4 Å². The smallest absolute Gasteiger partial charge is 0.360 e. The molecule has 29 heavy (non-hydrogen) atoms. The average molecular weight is 387 g/mol. The van der Waals surface area contributed by atoms with Gasteiger partial charge in [-0.25, -0.2) is 9.59 Å². The maximum absolute atomic E-state index is 12.3. The van der Waals surface area contributed by atoms with Gasteiger partial charge in [0, 0.05) is 0 Å². The van der Waals surface area contributed by atoms with E-state index in [0.29, 0.717) is 29.0 Å². The van der Waals surface area contributed by atoms with E-state index in [-0.39, 0.29) is 5.70 Å². The zero-order valence-electron chi connectivity index (χ0n) is 15.3. The van der Waals surface area contributed by atoms with Crippen molar-refractivity contribution in [2.75, 3.05) is 0 Å². The van der Waals surface area contributed by atoms with E-state index in [2.05, 4.69) is 5.32 Å². The summed E-state index contributed by atoms with van der Waals surface area (Å²) in [4.78, 5) is 35.3. The Kier molecular flexibility index (Phi) is 6.52. The zero-order valence-corrected chi connectivity index (χ0v) is 15.3. The van der Waals surface area contributed by atoms with Crippen LogP contribution < -0.4 is 14.8 Å². The summed E-state index contributed by atoms with van der Waals surface area (Å²) >= 11 is 0. The minimum absolute atomic E-state index is 0.0385. The summed E-state index contributed by atoms with van der Waals surface area (Å²) in [7, 11) is 0. The first-order valence-corrected chi connectivity index (χ1v) is 8.72. The van der Waals surface area contributed by atoms with Crippen molar-refractivity contribution in [3.8, 4) is 11.5 Å². The molecule has 3 aromatic rings. The number of para-hydroxylation sites is 2. The molecule has 0 spiro atoms. The monoisotopic (exact) mass is 387 g/mol. The lowest BCUT2D eigenvalue weighted by Crippen LogP contribution is -2.23. The quantitative estimate of drug-likeness (QED) is 0.290. The third kappa shape index (κ3) is 5.64. The van der Waals surface area contributed by atoms with E-state index in [1.165, 1.54) is 6.08 Å². The molecule has 0 saturated carbocycles. The maximum atomic E-state index is 12.3. The van der Waals surface area contributed by atoms with Crippen molar-refractivity contribution in [3.63, 3.8) is 0 Å². The number of amides is 1. The lowest BCUT2D eigenvalue weighted by molar-refractivity contribution is -0.131. The molecule has 0 aliphatic carbocycles. The fourth-order valence-electron chi connectivity index (χ4n) is 2.41. The number of hydrogen-bond acceptors (Lipinski definition) is 5. The van der Waals surface area contributed by atoms with Crippen molar-refractivity contribution in [3.05, 3.63) is 102 Å². The highest BCUT2D eigenvalue weighted by atomic mass is 16.5. The van der Waals surface area contributed by atoms with Gasteiger partial charge in [-0.05, 0) is 48.0 Å². The molecule has 0 atom stereocenters. The van der Waals surface area contributed by atoms with Gasteiger partial charge in [-0.2, -0.15) is 0 Å². The van der Waals surface area contributed by atoms with Crippen LogP contribution in [0.2, 0.25) is 0 Å². The van der Waals surface area contributed by atoms with Gasteiger partial charge in [0.25, 0.3) is 0 Å². The second kappa shape index (κ2) is 9.66. The van der Waals surface area contributed by atoms with E-state index in [0.717, 1.165) is 0 Å². The molecule has 6 heteroatoms. The van der Waals surface area contributed by atoms with Gasteiger partial charge in [0.1, 0.15) is 17.2 Å². The molecule has 3 rings (SSSR count). The Balaban J connectivity index is 1.72. The fraction of sp³-hybridized carbons (Fsp3) is 0. The molecule has 0 bridgehead atoms. The van der Waals surface area contributed by atoms with Crippen molar-refractivity contribution < 1.29 is 23.9 Å². The zero-order chi connectivity index (χ0) is 20.5. The highest BCUT2D eigenvalue weighted by molar-refractivity contribution is 5.97. The van der Waals surface area contributed by atoms with Crippen LogP contribution in [0.25, 0.3) is 6.08 Å². The van der Waals surface area contributed by atoms with Crippen LogP contribution in [-0.2, 0) is 9.59 Å². The lowest BCUT2D eigenvalue weighted by Gasteiger charge is -2.07. The Morgan fingerprint density at radius 2 is 1.28 bits per heavy atom. The number of ether oxygens (including phenoxy) is 2. The van der Waals surface area contributed by atoms with Crippen LogP contribution >= 0.6 is 0 Å². The molecular weight excluding hydrogens is 370 g/mol. The number of benzene rings is 3. The van der Waals surface area contributed by atoms with Gasteiger partial charge in [-0.15, -0.1) is 0 Å². The molecule has 6 nitrogen and oxygen atoms in total. The Bertz CT molecular complexity index is 1010. The van der Waals surface area contributed by atoms with E-state index in [4.69, 9.17) is 9.47 Å². The Labute approximate surface area is 167 Å². The van der Waals surface area contributed by atoms with Gasteiger partial charge >= 0.3 is 11.9 Å². The molecule has 144 valence electrons. The van der Waals surface area contributed by atoms with Crippen molar-refractivity contribution in [2.45, 2.75) is 0 Å². The maximum Gasteiger partial charge on any atom is 0.360 e. The first-order valence-electron chi connectivity index (χ1n) is 8.72. The largest absolute Gasteiger partial charge is 0.423 e. The summed E-state index contributed by atoms with van der Waals surface area (Å²) in [5, 5.41) is 2.34. The Morgan fingerprint density at radius 3 is 1.83 bits per heavy atom. The molecular formula is C23H17NO5. The molecule has 0 aliphatic heterocycles. The van der Waals surface area contributed by atoms with Gasteiger partial charge in [-0.3, -0.25) is 4.79 Å². The normalized spacial score (nSPS) is 10.7. The number of esters is 2. The number of rotatable bonds is 7. The summed E-state index contributed by atoms with van der Waals surface area (Å²) in [6.45, 7) is 0. The number of nitrogens with one attached hydrogen (secondary N) is 1. The predicted molar refractivity (Wildman–Crippen MR) is 107 cm³/mol. The molecule has 3 aromatic carbocycles. The summed E-state index contributed by atoms with van der Waals surface area (Å²) in [5.41, 5.74) is 0.904. The second-order valence-electron chi connectivity index (χ2n) is 5.85. The third-order valence-corrected chi connectivity index (χ3v) is 3.80. The van der Waals surface area contributed by atoms with Crippen LogP contribution in [0.5, 0.6) is 11.5 Å². The molecule has 0 heterocycles. The molecule has 0 unspecified atom stereocenters. The van der Waals surface area contributed by atoms with Gasteiger partial charge < -0.3 is 14.8 Å². The fourth-order valence-corrected chi connectivity index (χ4v) is 2.41. The number of carbonyl (C=O) groups excluding carboxylic acids is 3. The molecule has 1 amide bonds. The van der Waals surface area contributed by atoms with Crippen LogP contribution in [0.15, 0.2) is 90.6 Å². The summed E-state index contributed by atoms with van der Waals surface area (Å²) in [5.74, 6) is -0.407. The Hall–Kier alpha value is -4.19. The van der Waals surface area contributed by atoms with E-state index >= 15 is 0 Å². The predicted octanol–water partition coefficient (Wildman–Crippen LogP) is 3.60. The molecule has 0 fully saturated rings. The van der Waals surface area contributed by atoms with Gasteiger partial charge in [0.2, 0.25) is 6.41 Å². The highest BCUT2D eigenvalue weighted by Crippen LogP contribution is 2.15. The standard InChI is InChI=1S/C23H17NO5/c25-16-24-21(23(27)29-20-9-5-2-6-10-20)15-17-11-13-18(14-12-17)22(26)28-19-7-3-1-4-8-19/h1-16H,(H,24,25)/b21-15-. The van der Waals surface area contributed by atoms with E-state index in [9.17, 15) is 14.4 Å². The third-order valence-electron chi connectivity index (χ3n) is 3.80. The van der Waals surface area contributed by atoms with Crippen LogP contribution in [0.4, 0.5) is 0 Å². The van der Waals surface area contributed by atoms with E-state index in [1.54, 1.807) is 78.9 Å². The van der Waals surface area contributed by atoms with Crippen molar-refractivity contribution in [2.24, 2.45) is 0 Å². The van der Waals surface area contributed by atoms with Crippen LogP contribution in [0.3, 0.4) is 0 Å². The van der Waals surface area contributed by atoms with Crippen LogP contribution in [0.1, 0.15) is 15.9 Å². The topological polar surface area (TPSA) is 81.7 Å².